The molecular weight excluding hydrogens is 168 g/mol. The van der Waals surface area contributed by atoms with Crippen LogP contribution in [0.3, 0.4) is 0 Å². The topological polar surface area (TPSA) is 0 Å². The van der Waals surface area contributed by atoms with Crippen molar-refractivity contribution >= 4 is 0 Å². The van der Waals surface area contributed by atoms with Gasteiger partial charge in [0.2, 0.25) is 0 Å². The highest BCUT2D eigenvalue weighted by Crippen LogP contribution is 2.41. The molecule has 5 unspecified atom stereocenters. The van der Waals surface area contributed by atoms with Gasteiger partial charge in [0, 0.05) is 0 Å². The summed E-state index contributed by atoms with van der Waals surface area (Å²) < 4.78 is 0. The monoisotopic (exact) mass is 196 g/mol. The summed E-state index contributed by atoms with van der Waals surface area (Å²) in [5.41, 5.74) is 0. The van der Waals surface area contributed by atoms with Gasteiger partial charge in [-0.3, -0.25) is 0 Å². The van der Waals surface area contributed by atoms with E-state index in [2.05, 4.69) is 34.6 Å². The summed E-state index contributed by atoms with van der Waals surface area (Å²) in [5.74, 6) is 4.74. The molecule has 0 heteroatoms. The highest BCUT2D eigenvalue weighted by atomic mass is 14.4. The van der Waals surface area contributed by atoms with Gasteiger partial charge in [-0.05, 0) is 36.0 Å². The van der Waals surface area contributed by atoms with Gasteiger partial charge in [-0.15, -0.1) is 0 Å². The van der Waals surface area contributed by atoms with E-state index < -0.39 is 0 Å². The van der Waals surface area contributed by atoms with Crippen molar-refractivity contribution < 1.29 is 0 Å². The van der Waals surface area contributed by atoms with Crippen molar-refractivity contribution in [2.75, 3.05) is 0 Å². The van der Waals surface area contributed by atoms with Crippen LogP contribution in [0, 0.1) is 29.6 Å². The maximum atomic E-state index is 2.49. The molecule has 0 amide bonds. The predicted octanol–water partition coefficient (Wildman–Crippen LogP) is 4.74. The third-order valence-corrected chi connectivity index (χ3v) is 4.97. The van der Waals surface area contributed by atoms with E-state index in [0.717, 1.165) is 29.6 Å². The molecule has 84 valence electrons. The zero-order valence-corrected chi connectivity index (χ0v) is 10.7. The third kappa shape index (κ3) is 2.52. The Kier molecular flexibility index (Phi) is 4.47. The zero-order valence-electron chi connectivity index (χ0n) is 10.7. The molecule has 1 saturated carbocycles. The Morgan fingerprint density at radius 2 is 1.79 bits per heavy atom. The first-order chi connectivity index (χ1) is 6.57. The number of hydrogen-bond acceptors (Lipinski definition) is 0. The van der Waals surface area contributed by atoms with Gasteiger partial charge in [-0.1, -0.05) is 53.9 Å². The Morgan fingerprint density at radius 3 is 2.21 bits per heavy atom. The van der Waals surface area contributed by atoms with Crippen LogP contribution in [0.5, 0.6) is 0 Å². The molecule has 1 fully saturated rings. The van der Waals surface area contributed by atoms with Gasteiger partial charge in [-0.25, -0.2) is 0 Å². The van der Waals surface area contributed by atoms with E-state index in [0.29, 0.717) is 0 Å². The van der Waals surface area contributed by atoms with E-state index in [1.54, 1.807) is 0 Å². The van der Waals surface area contributed by atoms with E-state index >= 15 is 0 Å². The SMILES string of the molecule is CCC(C)C(C)C(C)C1CCCC1C. The van der Waals surface area contributed by atoms with Crippen molar-refractivity contribution in [2.45, 2.75) is 60.3 Å². The minimum atomic E-state index is 0.901. The van der Waals surface area contributed by atoms with E-state index in [1.165, 1.54) is 25.7 Å². The van der Waals surface area contributed by atoms with Crippen LogP contribution in [0.4, 0.5) is 0 Å². The van der Waals surface area contributed by atoms with Gasteiger partial charge in [0.05, 0.1) is 0 Å². The lowest BCUT2D eigenvalue weighted by atomic mass is 9.73. The van der Waals surface area contributed by atoms with Crippen molar-refractivity contribution in [3.8, 4) is 0 Å². The molecule has 0 aromatic rings. The lowest BCUT2D eigenvalue weighted by Crippen LogP contribution is -2.25. The lowest BCUT2D eigenvalue weighted by Gasteiger charge is -2.32. The molecule has 0 radical (unpaired) electrons. The Bertz CT molecular complexity index is 161. The van der Waals surface area contributed by atoms with Gasteiger partial charge in [0.15, 0.2) is 0 Å². The molecule has 1 aliphatic carbocycles. The average molecular weight is 196 g/mol. The van der Waals surface area contributed by atoms with Gasteiger partial charge in [-0.2, -0.15) is 0 Å². The fourth-order valence-corrected chi connectivity index (χ4v) is 3.24. The molecular formula is C14H28. The molecule has 0 saturated heterocycles. The zero-order chi connectivity index (χ0) is 10.7. The molecule has 1 aliphatic rings. The average Bonchev–Trinajstić information content (AvgIpc) is 2.61. The smallest absolute Gasteiger partial charge is 0.0360 e. The molecule has 0 heterocycles. The summed E-state index contributed by atoms with van der Waals surface area (Å²) in [6.07, 6.45) is 5.78. The summed E-state index contributed by atoms with van der Waals surface area (Å²) in [6, 6.07) is 0. The Labute approximate surface area is 90.5 Å². The first-order valence-electron chi connectivity index (χ1n) is 6.57. The molecule has 1 rings (SSSR count). The van der Waals surface area contributed by atoms with Crippen LogP contribution in [0.1, 0.15) is 60.3 Å². The van der Waals surface area contributed by atoms with Gasteiger partial charge < -0.3 is 0 Å². The van der Waals surface area contributed by atoms with Gasteiger partial charge in [0.1, 0.15) is 0 Å². The predicted molar refractivity (Wildman–Crippen MR) is 64.3 cm³/mol. The molecule has 0 nitrogen and oxygen atoms in total. The minimum absolute atomic E-state index is 0.901. The normalized spacial score (nSPS) is 34.1. The summed E-state index contributed by atoms with van der Waals surface area (Å²) in [4.78, 5) is 0. The highest BCUT2D eigenvalue weighted by molar-refractivity contribution is 4.82. The van der Waals surface area contributed by atoms with Crippen LogP contribution >= 0.6 is 0 Å². The van der Waals surface area contributed by atoms with Gasteiger partial charge in [0.25, 0.3) is 0 Å². The molecule has 0 spiro atoms. The Morgan fingerprint density at radius 1 is 1.14 bits per heavy atom. The molecule has 5 atom stereocenters. The van der Waals surface area contributed by atoms with E-state index in [9.17, 15) is 0 Å². The van der Waals surface area contributed by atoms with E-state index in [1.807, 2.05) is 0 Å². The molecule has 0 aromatic heterocycles. The highest BCUT2D eigenvalue weighted by Gasteiger charge is 2.32. The summed E-state index contributed by atoms with van der Waals surface area (Å²) in [7, 11) is 0. The maximum Gasteiger partial charge on any atom is -0.0360 e. The van der Waals surface area contributed by atoms with Crippen molar-refractivity contribution in [3.05, 3.63) is 0 Å². The molecule has 0 bridgehead atoms. The van der Waals surface area contributed by atoms with Crippen molar-refractivity contribution in [3.63, 3.8) is 0 Å². The number of hydrogen-bond donors (Lipinski definition) is 0. The third-order valence-electron chi connectivity index (χ3n) is 4.97. The van der Waals surface area contributed by atoms with Crippen LogP contribution in [-0.4, -0.2) is 0 Å². The van der Waals surface area contributed by atoms with Crippen LogP contribution in [0.2, 0.25) is 0 Å². The summed E-state index contributed by atoms with van der Waals surface area (Å²) >= 11 is 0. The second-order valence-electron chi connectivity index (χ2n) is 5.68. The first-order valence-corrected chi connectivity index (χ1v) is 6.57. The van der Waals surface area contributed by atoms with Crippen LogP contribution in [0.25, 0.3) is 0 Å². The fraction of sp³-hybridized carbons (Fsp3) is 1.00. The molecule has 0 aromatic carbocycles. The second kappa shape index (κ2) is 5.19. The minimum Gasteiger partial charge on any atom is -0.0651 e. The van der Waals surface area contributed by atoms with Crippen LogP contribution in [-0.2, 0) is 0 Å². The summed E-state index contributed by atoms with van der Waals surface area (Å²) in [5, 5.41) is 0. The van der Waals surface area contributed by atoms with Gasteiger partial charge >= 0.3 is 0 Å². The lowest BCUT2D eigenvalue weighted by molar-refractivity contribution is 0.171. The molecule has 14 heavy (non-hydrogen) atoms. The summed E-state index contributed by atoms with van der Waals surface area (Å²) in [6.45, 7) is 12.2. The molecule has 0 aliphatic heterocycles. The number of rotatable bonds is 4. The second-order valence-corrected chi connectivity index (χ2v) is 5.68. The van der Waals surface area contributed by atoms with Crippen LogP contribution in [0.15, 0.2) is 0 Å². The molecule has 0 N–H and O–H groups in total. The quantitative estimate of drug-likeness (QED) is 0.609. The van der Waals surface area contributed by atoms with E-state index in [4.69, 9.17) is 0 Å². The first kappa shape index (κ1) is 12.1. The Hall–Kier alpha value is 0. The fourth-order valence-electron chi connectivity index (χ4n) is 3.24. The maximum absolute atomic E-state index is 2.49. The largest absolute Gasteiger partial charge is 0.0651 e. The van der Waals surface area contributed by atoms with Crippen molar-refractivity contribution in [1.82, 2.24) is 0 Å². The van der Waals surface area contributed by atoms with Crippen molar-refractivity contribution in [2.24, 2.45) is 29.6 Å². The van der Waals surface area contributed by atoms with E-state index in [-0.39, 0.29) is 0 Å². The van der Waals surface area contributed by atoms with Crippen molar-refractivity contribution in [1.29, 1.82) is 0 Å². The Balaban J connectivity index is 2.50. The van der Waals surface area contributed by atoms with Crippen LogP contribution < -0.4 is 0 Å². The standard InChI is InChI=1S/C14H28/c1-6-10(2)12(4)13(5)14-9-7-8-11(14)3/h10-14H,6-9H2,1-5H3.